The molecular formula is C14H11Cl3F3N3O2. The molecule has 0 aliphatic heterocycles. The molecule has 0 bridgehead atoms. The summed E-state index contributed by atoms with van der Waals surface area (Å²) in [5.41, 5.74) is -0.571. The topological polar surface area (TPSA) is 56.2 Å². The van der Waals surface area contributed by atoms with E-state index in [4.69, 9.17) is 39.5 Å². The van der Waals surface area contributed by atoms with Crippen molar-refractivity contribution in [2.24, 2.45) is 0 Å². The van der Waals surface area contributed by atoms with E-state index in [-0.39, 0.29) is 34.1 Å². The normalized spacial score (nSPS) is 11.5. The fraction of sp³-hybridized carbons (Fsp3) is 0.286. The summed E-state index contributed by atoms with van der Waals surface area (Å²) < 4.78 is 44.6. The van der Waals surface area contributed by atoms with E-state index in [1.807, 2.05) is 0 Å². The van der Waals surface area contributed by atoms with Crippen LogP contribution in [-0.2, 0) is 6.18 Å². The first-order valence-electron chi connectivity index (χ1n) is 6.78. The van der Waals surface area contributed by atoms with Crippen molar-refractivity contribution in [3.05, 3.63) is 39.5 Å². The number of rotatable bonds is 4. The van der Waals surface area contributed by atoms with Gasteiger partial charge in [0.25, 0.3) is 0 Å². The van der Waals surface area contributed by atoms with Crippen LogP contribution in [0, 0.1) is 6.92 Å². The first kappa shape index (κ1) is 19.7. The number of nitrogens with one attached hydrogen (secondary N) is 1. The lowest BCUT2D eigenvalue weighted by molar-refractivity contribution is -0.137. The quantitative estimate of drug-likeness (QED) is 0.705. The fourth-order valence-electron chi connectivity index (χ4n) is 1.86. The summed E-state index contributed by atoms with van der Waals surface area (Å²) in [6.07, 6.45) is -4.59. The molecule has 5 nitrogen and oxygen atoms in total. The third kappa shape index (κ3) is 4.71. The molecule has 2 aromatic rings. The second-order valence-electron chi connectivity index (χ2n) is 4.83. The third-order valence-electron chi connectivity index (χ3n) is 2.96. The average Bonchev–Trinajstić information content (AvgIpc) is 2.88. The molecule has 0 unspecified atom stereocenters. The van der Waals surface area contributed by atoms with Gasteiger partial charge in [-0.1, -0.05) is 23.2 Å². The highest BCUT2D eigenvalue weighted by molar-refractivity contribution is 6.37. The average molecular weight is 417 g/mol. The molecule has 2 rings (SSSR count). The van der Waals surface area contributed by atoms with Crippen molar-refractivity contribution in [2.75, 3.05) is 12.4 Å². The summed E-state index contributed by atoms with van der Waals surface area (Å²) in [6.45, 7) is 1.84. The maximum atomic E-state index is 12.7. The number of carbonyl (C=O) groups is 1. The molecule has 1 amide bonds. The van der Waals surface area contributed by atoms with Gasteiger partial charge >= 0.3 is 12.2 Å². The Morgan fingerprint density at radius 1 is 1.28 bits per heavy atom. The third-order valence-corrected chi connectivity index (χ3v) is 3.71. The molecule has 1 aromatic heterocycles. The van der Waals surface area contributed by atoms with Crippen molar-refractivity contribution in [1.82, 2.24) is 15.1 Å². The van der Waals surface area contributed by atoms with Crippen molar-refractivity contribution >= 4 is 40.8 Å². The van der Waals surface area contributed by atoms with E-state index in [0.29, 0.717) is 17.8 Å². The molecule has 25 heavy (non-hydrogen) atoms. The first-order valence-corrected chi connectivity index (χ1v) is 8.07. The Bertz CT molecular complexity index is 770. The number of aromatic nitrogens is 2. The van der Waals surface area contributed by atoms with Gasteiger partial charge in [-0.2, -0.15) is 17.9 Å². The van der Waals surface area contributed by atoms with Gasteiger partial charge in [-0.25, -0.2) is 4.79 Å². The molecule has 0 aliphatic rings. The Morgan fingerprint density at radius 2 is 1.88 bits per heavy atom. The van der Waals surface area contributed by atoms with E-state index in [0.717, 1.165) is 4.68 Å². The van der Waals surface area contributed by atoms with E-state index in [1.54, 1.807) is 6.92 Å². The molecule has 1 N–H and O–H groups in total. The second kappa shape index (κ2) is 7.72. The number of benzene rings is 1. The van der Waals surface area contributed by atoms with E-state index < -0.39 is 17.8 Å². The summed E-state index contributed by atoms with van der Waals surface area (Å²) in [5.74, 6) is -0.0177. The smallest absolute Gasteiger partial charge is 0.416 e. The van der Waals surface area contributed by atoms with Gasteiger partial charge in [0.2, 0.25) is 5.88 Å². The van der Waals surface area contributed by atoms with Gasteiger partial charge in [0.1, 0.15) is 0 Å². The summed E-state index contributed by atoms with van der Waals surface area (Å²) in [5, 5.41) is 5.75. The summed E-state index contributed by atoms with van der Waals surface area (Å²) >= 11 is 17.1. The summed E-state index contributed by atoms with van der Waals surface area (Å²) in [7, 11) is 0. The minimum Gasteiger partial charge on any atom is -0.434 e. The zero-order chi connectivity index (χ0) is 18.8. The molecule has 1 aromatic carbocycles. The van der Waals surface area contributed by atoms with Crippen molar-refractivity contribution in [3.63, 3.8) is 0 Å². The molecule has 0 aliphatic carbocycles. The van der Waals surface area contributed by atoms with Gasteiger partial charge in [-0.05, 0) is 19.1 Å². The number of halogens is 6. The second-order valence-corrected chi connectivity index (χ2v) is 6.02. The Morgan fingerprint density at radius 3 is 2.40 bits per heavy atom. The van der Waals surface area contributed by atoms with E-state index in [1.165, 1.54) is 6.07 Å². The maximum Gasteiger partial charge on any atom is 0.416 e. The van der Waals surface area contributed by atoms with Gasteiger partial charge in [-0.3, -0.25) is 0 Å². The van der Waals surface area contributed by atoms with Crippen LogP contribution in [0.25, 0.3) is 0 Å². The minimum atomic E-state index is -4.59. The molecule has 0 fully saturated rings. The molecular weight excluding hydrogens is 406 g/mol. The molecule has 11 heteroatoms. The number of hydrogen-bond donors (Lipinski definition) is 1. The lowest BCUT2D eigenvalue weighted by Crippen LogP contribution is -2.31. The van der Waals surface area contributed by atoms with Crippen LogP contribution in [-0.4, -0.2) is 28.2 Å². The molecule has 0 spiro atoms. The van der Waals surface area contributed by atoms with Gasteiger partial charge in [0.05, 0.1) is 21.3 Å². The lowest BCUT2D eigenvalue weighted by Gasteiger charge is -2.11. The number of amides is 1. The van der Waals surface area contributed by atoms with Crippen molar-refractivity contribution in [3.8, 4) is 11.6 Å². The Hall–Kier alpha value is -1.64. The molecule has 0 atom stereocenters. The first-order chi connectivity index (χ1) is 11.6. The standard InChI is InChI=1S/C14H11Cl3F3N3O2/c1-7-4-11(22-23(7)13(24)21-3-2-15)25-12-9(16)5-8(6-10(12)17)14(18,19)20/h4-6H,2-3H2,1H3,(H,21,24). The largest absolute Gasteiger partial charge is 0.434 e. The lowest BCUT2D eigenvalue weighted by atomic mass is 10.2. The molecule has 136 valence electrons. The van der Waals surface area contributed by atoms with Crippen molar-refractivity contribution in [1.29, 1.82) is 0 Å². The minimum absolute atomic E-state index is 0.0536. The maximum absolute atomic E-state index is 12.7. The Kier molecular flexibility index (Phi) is 6.08. The van der Waals surface area contributed by atoms with Crippen molar-refractivity contribution in [2.45, 2.75) is 13.1 Å². The van der Waals surface area contributed by atoms with Gasteiger partial charge in [0, 0.05) is 18.5 Å². The monoisotopic (exact) mass is 415 g/mol. The highest BCUT2D eigenvalue weighted by atomic mass is 35.5. The van der Waals surface area contributed by atoms with E-state index in [9.17, 15) is 18.0 Å². The Balaban J connectivity index is 2.27. The number of nitrogens with zero attached hydrogens (tertiary/aromatic N) is 2. The fourth-order valence-corrected chi connectivity index (χ4v) is 2.51. The molecule has 1 heterocycles. The predicted octanol–water partition coefficient (Wildman–Crippen LogP) is 5.11. The zero-order valence-corrected chi connectivity index (χ0v) is 14.9. The van der Waals surface area contributed by atoms with Crippen LogP contribution in [0.15, 0.2) is 18.2 Å². The molecule has 0 saturated carbocycles. The summed E-state index contributed by atoms with van der Waals surface area (Å²) in [4.78, 5) is 11.9. The molecule has 0 radical (unpaired) electrons. The van der Waals surface area contributed by atoms with E-state index >= 15 is 0 Å². The van der Waals surface area contributed by atoms with Crippen LogP contribution < -0.4 is 10.1 Å². The zero-order valence-electron chi connectivity index (χ0n) is 12.6. The van der Waals surface area contributed by atoms with Gasteiger partial charge in [-0.15, -0.1) is 16.7 Å². The van der Waals surface area contributed by atoms with Crippen molar-refractivity contribution < 1.29 is 22.7 Å². The van der Waals surface area contributed by atoms with Crippen LogP contribution >= 0.6 is 34.8 Å². The predicted molar refractivity (Wildman–Crippen MR) is 88.0 cm³/mol. The number of aryl methyl sites for hydroxylation is 1. The number of hydrogen-bond acceptors (Lipinski definition) is 3. The van der Waals surface area contributed by atoms with Crippen LogP contribution in [0.4, 0.5) is 18.0 Å². The van der Waals surface area contributed by atoms with Gasteiger partial charge in [0.15, 0.2) is 5.75 Å². The van der Waals surface area contributed by atoms with Crippen LogP contribution in [0.5, 0.6) is 11.6 Å². The number of ether oxygens (including phenoxy) is 1. The summed E-state index contributed by atoms with van der Waals surface area (Å²) in [6, 6.07) is 2.27. The highest BCUT2D eigenvalue weighted by Crippen LogP contribution is 2.41. The Labute approximate surface area is 155 Å². The van der Waals surface area contributed by atoms with Gasteiger partial charge < -0.3 is 10.1 Å². The number of alkyl halides is 4. The van der Waals surface area contributed by atoms with E-state index in [2.05, 4.69) is 10.4 Å². The van der Waals surface area contributed by atoms with Crippen LogP contribution in [0.1, 0.15) is 11.3 Å². The SMILES string of the molecule is Cc1cc(Oc2c(Cl)cc(C(F)(F)F)cc2Cl)nn1C(=O)NCCCl. The van der Waals surface area contributed by atoms with Crippen LogP contribution in [0.3, 0.4) is 0 Å². The highest BCUT2D eigenvalue weighted by Gasteiger charge is 2.32. The number of carbonyl (C=O) groups excluding carboxylic acids is 1. The van der Waals surface area contributed by atoms with Crippen LogP contribution in [0.2, 0.25) is 10.0 Å². The molecule has 0 saturated heterocycles.